The van der Waals surface area contributed by atoms with Gasteiger partial charge in [0.05, 0.1) is 12.8 Å². The highest BCUT2D eigenvalue weighted by atomic mass is 16.3. The van der Waals surface area contributed by atoms with Crippen LogP contribution < -0.4 is 5.32 Å². The molecule has 2 rings (SSSR count). The van der Waals surface area contributed by atoms with Crippen LogP contribution in [-0.4, -0.2) is 54.5 Å². The Morgan fingerprint density at radius 1 is 1.53 bits per heavy atom. The molecular formula is C14H23N3O2. The van der Waals surface area contributed by atoms with Crippen molar-refractivity contribution in [2.75, 3.05) is 27.2 Å². The maximum atomic E-state index is 12.5. The number of carbonyl (C=O) groups excluding carboxylic acids is 1. The topological polar surface area (TPSA) is 48.7 Å². The van der Waals surface area contributed by atoms with Crippen LogP contribution in [0.5, 0.6) is 0 Å². The first-order valence-corrected chi connectivity index (χ1v) is 6.61. The molecule has 5 nitrogen and oxygen atoms in total. The zero-order chi connectivity index (χ0) is 14.0. The van der Waals surface area contributed by atoms with Gasteiger partial charge in [0.2, 0.25) is 5.91 Å². The van der Waals surface area contributed by atoms with E-state index in [0.717, 1.165) is 5.76 Å². The standard InChI is InChI=1S/C14H23N3O2/c1-14(2)10-17(8-11-6-5-7-19-11)13(18)12(15-14)9-16(3)4/h5-7,12,15H,8-10H2,1-4H3. The molecule has 0 aliphatic carbocycles. The largest absolute Gasteiger partial charge is 0.467 e. The van der Waals surface area contributed by atoms with E-state index in [1.54, 1.807) is 6.26 Å². The van der Waals surface area contributed by atoms with Crippen molar-refractivity contribution in [3.63, 3.8) is 0 Å². The molecule has 106 valence electrons. The number of furan rings is 1. The van der Waals surface area contributed by atoms with Gasteiger partial charge in [0.15, 0.2) is 0 Å². The van der Waals surface area contributed by atoms with Crippen molar-refractivity contribution < 1.29 is 9.21 Å². The van der Waals surface area contributed by atoms with E-state index >= 15 is 0 Å². The highest BCUT2D eigenvalue weighted by molar-refractivity contribution is 5.83. The summed E-state index contributed by atoms with van der Waals surface area (Å²) in [5.41, 5.74) is -0.0822. The van der Waals surface area contributed by atoms with Gasteiger partial charge in [-0.3, -0.25) is 10.1 Å². The third-order valence-corrected chi connectivity index (χ3v) is 3.24. The molecule has 1 fully saturated rings. The van der Waals surface area contributed by atoms with E-state index < -0.39 is 0 Å². The fourth-order valence-corrected chi connectivity index (χ4v) is 2.57. The molecule has 0 bridgehead atoms. The van der Waals surface area contributed by atoms with Gasteiger partial charge >= 0.3 is 0 Å². The molecule has 1 aromatic rings. The van der Waals surface area contributed by atoms with E-state index in [0.29, 0.717) is 19.6 Å². The summed E-state index contributed by atoms with van der Waals surface area (Å²) in [5, 5.41) is 3.42. The van der Waals surface area contributed by atoms with E-state index in [1.807, 2.05) is 36.0 Å². The van der Waals surface area contributed by atoms with Crippen molar-refractivity contribution in [3.05, 3.63) is 24.2 Å². The van der Waals surface area contributed by atoms with Crippen LogP contribution in [0.3, 0.4) is 0 Å². The van der Waals surface area contributed by atoms with Gasteiger partial charge in [0.1, 0.15) is 11.8 Å². The number of rotatable bonds is 4. The van der Waals surface area contributed by atoms with Crippen molar-refractivity contribution in [1.29, 1.82) is 0 Å². The molecule has 1 aliphatic rings. The Morgan fingerprint density at radius 3 is 2.84 bits per heavy atom. The molecule has 1 aromatic heterocycles. The predicted molar refractivity (Wildman–Crippen MR) is 73.7 cm³/mol. The molecule has 1 unspecified atom stereocenters. The van der Waals surface area contributed by atoms with E-state index in [-0.39, 0.29) is 17.5 Å². The summed E-state index contributed by atoms with van der Waals surface area (Å²) in [6.07, 6.45) is 1.64. The fraction of sp³-hybridized carbons (Fsp3) is 0.643. The Bertz CT molecular complexity index is 426. The molecule has 0 spiro atoms. The quantitative estimate of drug-likeness (QED) is 0.879. The molecule has 1 atom stereocenters. The molecule has 1 N–H and O–H groups in total. The first-order valence-electron chi connectivity index (χ1n) is 6.61. The van der Waals surface area contributed by atoms with Crippen LogP contribution >= 0.6 is 0 Å². The Labute approximate surface area is 114 Å². The molecule has 19 heavy (non-hydrogen) atoms. The van der Waals surface area contributed by atoms with Crippen molar-refractivity contribution in [3.8, 4) is 0 Å². The van der Waals surface area contributed by atoms with Crippen molar-refractivity contribution >= 4 is 5.91 Å². The highest BCUT2D eigenvalue weighted by Gasteiger charge is 2.38. The normalized spacial score (nSPS) is 23.1. The Hall–Kier alpha value is -1.33. The molecule has 1 amide bonds. The van der Waals surface area contributed by atoms with Crippen molar-refractivity contribution in [2.24, 2.45) is 0 Å². The van der Waals surface area contributed by atoms with Crippen LogP contribution in [0.15, 0.2) is 22.8 Å². The number of nitrogens with one attached hydrogen (secondary N) is 1. The lowest BCUT2D eigenvalue weighted by Crippen LogP contribution is -2.66. The monoisotopic (exact) mass is 265 g/mol. The Balaban J connectivity index is 2.10. The number of likely N-dealkylation sites (N-methyl/N-ethyl adjacent to an activating group) is 1. The maximum Gasteiger partial charge on any atom is 0.241 e. The second kappa shape index (κ2) is 5.35. The smallest absolute Gasteiger partial charge is 0.241 e. The van der Waals surface area contributed by atoms with Crippen LogP contribution in [-0.2, 0) is 11.3 Å². The van der Waals surface area contributed by atoms with Gasteiger partial charge in [-0.1, -0.05) is 0 Å². The minimum absolute atomic E-state index is 0.0822. The summed E-state index contributed by atoms with van der Waals surface area (Å²) < 4.78 is 5.34. The van der Waals surface area contributed by atoms with E-state index in [9.17, 15) is 4.79 Å². The van der Waals surface area contributed by atoms with E-state index in [2.05, 4.69) is 19.2 Å². The SMILES string of the molecule is CN(C)CC1NC(C)(C)CN(Cc2ccco2)C1=O. The first-order chi connectivity index (χ1) is 8.87. The van der Waals surface area contributed by atoms with E-state index in [1.165, 1.54) is 0 Å². The van der Waals surface area contributed by atoms with Crippen LogP contribution in [0.1, 0.15) is 19.6 Å². The third-order valence-electron chi connectivity index (χ3n) is 3.24. The average molecular weight is 265 g/mol. The van der Waals surface area contributed by atoms with Gasteiger partial charge in [-0.2, -0.15) is 0 Å². The minimum atomic E-state index is -0.159. The number of hydrogen-bond donors (Lipinski definition) is 1. The summed E-state index contributed by atoms with van der Waals surface area (Å²) >= 11 is 0. The highest BCUT2D eigenvalue weighted by Crippen LogP contribution is 2.18. The molecule has 0 radical (unpaired) electrons. The molecule has 0 saturated carbocycles. The average Bonchev–Trinajstić information content (AvgIpc) is 2.76. The Morgan fingerprint density at radius 2 is 2.26 bits per heavy atom. The molecule has 0 aromatic carbocycles. The van der Waals surface area contributed by atoms with Gasteiger partial charge in [0, 0.05) is 18.6 Å². The lowest BCUT2D eigenvalue weighted by atomic mass is 9.97. The van der Waals surface area contributed by atoms with Crippen molar-refractivity contribution in [1.82, 2.24) is 15.1 Å². The number of hydrogen-bond acceptors (Lipinski definition) is 4. The van der Waals surface area contributed by atoms with Crippen molar-refractivity contribution in [2.45, 2.75) is 32.0 Å². The zero-order valence-corrected chi connectivity index (χ0v) is 12.1. The zero-order valence-electron chi connectivity index (χ0n) is 12.1. The number of carbonyl (C=O) groups is 1. The molecule has 1 aliphatic heterocycles. The molecular weight excluding hydrogens is 242 g/mol. The van der Waals surface area contributed by atoms with Crippen LogP contribution in [0.4, 0.5) is 0 Å². The van der Waals surface area contributed by atoms with Gasteiger partial charge in [-0.15, -0.1) is 0 Å². The summed E-state index contributed by atoms with van der Waals surface area (Å²) in [5.74, 6) is 0.971. The fourth-order valence-electron chi connectivity index (χ4n) is 2.57. The predicted octanol–water partition coefficient (Wildman–Crippen LogP) is 0.920. The molecule has 1 saturated heterocycles. The van der Waals surface area contributed by atoms with Gasteiger partial charge in [-0.05, 0) is 40.1 Å². The third kappa shape index (κ3) is 3.58. The van der Waals surface area contributed by atoms with Gasteiger partial charge < -0.3 is 14.2 Å². The number of piperazine rings is 1. The minimum Gasteiger partial charge on any atom is -0.467 e. The van der Waals surface area contributed by atoms with Crippen LogP contribution in [0, 0.1) is 0 Å². The number of amides is 1. The summed E-state index contributed by atoms with van der Waals surface area (Å²) in [7, 11) is 3.96. The Kier molecular flexibility index (Phi) is 3.96. The van der Waals surface area contributed by atoms with Crippen LogP contribution in [0.25, 0.3) is 0 Å². The molecule has 2 heterocycles. The van der Waals surface area contributed by atoms with E-state index in [4.69, 9.17) is 4.42 Å². The van der Waals surface area contributed by atoms with Gasteiger partial charge in [-0.25, -0.2) is 0 Å². The van der Waals surface area contributed by atoms with Gasteiger partial charge in [0.25, 0.3) is 0 Å². The summed E-state index contributed by atoms with van der Waals surface area (Å²) in [6, 6.07) is 3.60. The lowest BCUT2D eigenvalue weighted by molar-refractivity contribution is -0.140. The summed E-state index contributed by atoms with van der Waals surface area (Å²) in [4.78, 5) is 16.4. The second-order valence-electron chi connectivity index (χ2n) is 6.12. The molecule has 5 heteroatoms. The van der Waals surface area contributed by atoms with Crippen LogP contribution in [0.2, 0.25) is 0 Å². The maximum absolute atomic E-state index is 12.5. The number of nitrogens with zero attached hydrogens (tertiary/aromatic N) is 2. The lowest BCUT2D eigenvalue weighted by Gasteiger charge is -2.43. The summed E-state index contributed by atoms with van der Waals surface area (Å²) in [6.45, 7) is 6.18. The second-order valence-corrected chi connectivity index (χ2v) is 6.12. The first kappa shape index (κ1) is 14.1.